The second-order valence-corrected chi connectivity index (χ2v) is 4.81. The number of halogens is 2. The van der Waals surface area contributed by atoms with Crippen LogP contribution in [0.1, 0.15) is 11.1 Å². The molecule has 0 amide bonds. The zero-order valence-electron chi connectivity index (χ0n) is 12.2. The van der Waals surface area contributed by atoms with Gasteiger partial charge in [0.15, 0.2) is 0 Å². The van der Waals surface area contributed by atoms with E-state index in [1.807, 2.05) is 0 Å². The monoisotopic (exact) mass is 312 g/mol. The summed E-state index contributed by atoms with van der Waals surface area (Å²) in [6.45, 7) is 0. The summed E-state index contributed by atoms with van der Waals surface area (Å²) in [5, 5.41) is 0. The van der Waals surface area contributed by atoms with E-state index >= 15 is 0 Å². The van der Waals surface area contributed by atoms with Crippen molar-refractivity contribution in [3.05, 3.63) is 71.3 Å². The summed E-state index contributed by atoms with van der Waals surface area (Å²) in [6, 6.07) is 11.3. The van der Waals surface area contributed by atoms with Gasteiger partial charge in [0, 0.05) is 0 Å². The molecule has 0 atom stereocenters. The molecular formula is C16H12B2F2O3. The SMILES string of the molecule is O=C([B]Cc1ccc(F)cc1)OC(=O)[B]Cc1ccc(F)cc1. The van der Waals surface area contributed by atoms with Crippen molar-refractivity contribution in [3.63, 3.8) is 0 Å². The quantitative estimate of drug-likeness (QED) is 0.607. The number of carbonyl (C=O) groups excluding carboxylic acids is 2. The Morgan fingerprint density at radius 3 is 1.43 bits per heavy atom. The van der Waals surface area contributed by atoms with E-state index in [2.05, 4.69) is 4.74 Å². The Balaban J connectivity index is 1.70. The van der Waals surface area contributed by atoms with E-state index in [-0.39, 0.29) is 24.3 Å². The highest BCUT2D eigenvalue weighted by Gasteiger charge is 2.13. The van der Waals surface area contributed by atoms with Crippen molar-refractivity contribution in [2.75, 3.05) is 0 Å². The first-order chi connectivity index (χ1) is 11.0. The molecule has 0 aliphatic heterocycles. The second-order valence-electron chi connectivity index (χ2n) is 4.81. The Labute approximate surface area is 134 Å². The van der Waals surface area contributed by atoms with Crippen LogP contribution >= 0.6 is 0 Å². The summed E-state index contributed by atoms with van der Waals surface area (Å²) in [4.78, 5) is 23.0. The van der Waals surface area contributed by atoms with Crippen LogP contribution < -0.4 is 0 Å². The van der Waals surface area contributed by atoms with Gasteiger partial charge in [-0.1, -0.05) is 35.4 Å². The van der Waals surface area contributed by atoms with E-state index in [1.54, 1.807) is 24.3 Å². The molecule has 0 bridgehead atoms. The van der Waals surface area contributed by atoms with E-state index in [4.69, 9.17) is 0 Å². The molecule has 0 unspecified atom stereocenters. The minimum Gasteiger partial charge on any atom is -0.412 e. The van der Waals surface area contributed by atoms with Crippen molar-refractivity contribution in [2.24, 2.45) is 0 Å². The Bertz CT molecular complexity index is 613. The van der Waals surface area contributed by atoms with Crippen LogP contribution in [0.2, 0.25) is 0 Å². The molecule has 7 heteroatoms. The maximum atomic E-state index is 12.7. The lowest BCUT2D eigenvalue weighted by Gasteiger charge is -2.03. The van der Waals surface area contributed by atoms with E-state index in [0.29, 0.717) is 0 Å². The van der Waals surface area contributed by atoms with E-state index in [0.717, 1.165) is 11.1 Å². The number of hydrogen-bond acceptors (Lipinski definition) is 3. The molecule has 3 nitrogen and oxygen atoms in total. The van der Waals surface area contributed by atoms with E-state index in [1.165, 1.54) is 38.8 Å². The topological polar surface area (TPSA) is 43.4 Å². The maximum absolute atomic E-state index is 12.7. The molecular weight excluding hydrogens is 300 g/mol. The molecule has 0 saturated heterocycles. The van der Waals surface area contributed by atoms with Gasteiger partial charge >= 0.3 is 0 Å². The second kappa shape index (κ2) is 8.27. The number of benzene rings is 2. The zero-order chi connectivity index (χ0) is 16.7. The molecule has 23 heavy (non-hydrogen) atoms. The van der Waals surface area contributed by atoms with Crippen LogP contribution in [0.15, 0.2) is 48.5 Å². The fourth-order valence-electron chi connectivity index (χ4n) is 1.83. The molecule has 2 radical (unpaired) electrons. The summed E-state index contributed by atoms with van der Waals surface area (Å²) in [6.07, 6.45) is 0.481. The molecule has 0 fully saturated rings. The molecule has 2 aromatic carbocycles. The van der Waals surface area contributed by atoms with Gasteiger partial charge in [-0.3, -0.25) is 9.59 Å². The lowest BCUT2D eigenvalue weighted by atomic mass is 9.70. The lowest BCUT2D eigenvalue weighted by molar-refractivity contribution is 0.183. The Kier molecular flexibility index (Phi) is 6.09. The predicted molar refractivity (Wildman–Crippen MR) is 83.6 cm³/mol. The van der Waals surface area contributed by atoms with Crippen LogP contribution in [0.3, 0.4) is 0 Å². The van der Waals surface area contributed by atoms with Gasteiger partial charge in [0.2, 0.25) is 0 Å². The van der Waals surface area contributed by atoms with Crippen LogP contribution in [0.5, 0.6) is 0 Å². The highest BCUT2D eigenvalue weighted by atomic mass is 19.1. The first-order valence-corrected chi connectivity index (χ1v) is 6.94. The summed E-state index contributed by atoms with van der Waals surface area (Å²) in [7, 11) is 2.41. The van der Waals surface area contributed by atoms with Crippen molar-refractivity contribution in [1.29, 1.82) is 0 Å². The van der Waals surface area contributed by atoms with Crippen LogP contribution in [0, 0.1) is 11.6 Å². The van der Waals surface area contributed by atoms with Crippen LogP contribution in [-0.4, -0.2) is 26.3 Å². The van der Waals surface area contributed by atoms with Gasteiger partial charge < -0.3 is 4.74 Å². The van der Waals surface area contributed by atoms with Crippen molar-refractivity contribution in [3.8, 4) is 0 Å². The molecule has 0 spiro atoms. The molecule has 114 valence electrons. The number of rotatable bonds is 6. The predicted octanol–water partition coefficient (Wildman–Crippen LogP) is 3.33. The lowest BCUT2D eigenvalue weighted by Crippen LogP contribution is -2.22. The van der Waals surface area contributed by atoms with Gasteiger partial charge in [0.25, 0.3) is 26.3 Å². The Hall–Kier alpha value is -2.43. The average Bonchev–Trinajstić information content (AvgIpc) is 2.54. The van der Waals surface area contributed by atoms with Crippen LogP contribution in [0.25, 0.3) is 0 Å². The van der Waals surface area contributed by atoms with Gasteiger partial charge in [0.1, 0.15) is 11.6 Å². The van der Waals surface area contributed by atoms with Crippen molar-refractivity contribution < 1.29 is 23.1 Å². The zero-order valence-corrected chi connectivity index (χ0v) is 12.2. The molecule has 0 N–H and O–H groups in total. The molecule has 0 heterocycles. The number of hydrogen-bond donors (Lipinski definition) is 0. The minimum absolute atomic E-state index is 0.240. The maximum Gasteiger partial charge on any atom is 0.266 e. The largest absolute Gasteiger partial charge is 0.412 e. The van der Waals surface area contributed by atoms with Gasteiger partial charge in [0.05, 0.1) is 0 Å². The van der Waals surface area contributed by atoms with Crippen LogP contribution in [0.4, 0.5) is 18.4 Å². The third kappa shape index (κ3) is 6.06. The highest BCUT2D eigenvalue weighted by molar-refractivity contribution is 6.77. The smallest absolute Gasteiger partial charge is 0.266 e. The third-order valence-corrected chi connectivity index (χ3v) is 3.04. The highest BCUT2D eigenvalue weighted by Crippen LogP contribution is 2.04. The summed E-state index contributed by atoms with van der Waals surface area (Å²) >= 11 is 0. The minimum atomic E-state index is -0.769. The molecule has 2 aromatic rings. The first kappa shape index (κ1) is 16.9. The van der Waals surface area contributed by atoms with Crippen molar-refractivity contribution in [2.45, 2.75) is 12.6 Å². The van der Waals surface area contributed by atoms with Crippen LogP contribution in [-0.2, 0) is 17.4 Å². The van der Waals surface area contributed by atoms with Gasteiger partial charge in [-0.05, 0) is 36.9 Å². The van der Waals surface area contributed by atoms with E-state index in [9.17, 15) is 18.4 Å². The molecule has 0 aromatic heterocycles. The van der Waals surface area contributed by atoms with Gasteiger partial charge in [-0.2, -0.15) is 0 Å². The third-order valence-electron chi connectivity index (χ3n) is 3.04. The summed E-state index contributed by atoms with van der Waals surface area (Å²) < 4.78 is 30.1. The Morgan fingerprint density at radius 2 is 1.09 bits per heavy atom. The van der Waals surface area contributed by atoms with Crippen molar-refractivity contribution in [1.82, 2.24) is 0 Å². The average molecular weight is 312 g/mol. The number of carbonyl (C=O) groups is 2. The molecule has 2 rings (SSSR count). The number of ether oxygens (including phenoxy) is 1. The standard InChI is InChI=1S/C16H12B2F2O3/c19-13-5-1-11(2-6-13)9-17-15(21)23-16(22)18-10-12-3-7-14(20)8-4-12/h1-8H,9-10H2. The molecule has 0 aliphatic rings. The Morgan fingerprint density at radius 1 is 0.739 bits per heavy atom. The fraction of sp³-hybridized carbons (Fsp3) is 0.125. The molecule has 0 aliphatic carbocycles. The summed E-state index contributed by atoms with van der Waals surface area (Å²) in [5.41, 5.74) is 1.46. The van der Waals surface area contributed by atoms with Gasteiger partial charge in [-0.25, -0.2) is 8.78 Å². The summed E-state index contributed by atoms with van der Waals surface area (Å²) in [5.74, 6) is -2.26. The van der Waals surface area contributed by atoms with Gasteiger partial charge in [-0.15, -0.1) is 0 Å². The normalized spacial score (nSPS) is 10.0. The fourth-order valence-corrected chi connectivity index (χ4v) is 1.83. The van der Waals surface area contributed by atoms with Crippen molar-refractivity contribution >= 4 is 26.3 Å². The molecule has 0 saturated carbocycles. The van der Waals surface area contributed by atoms with E-state index < -0.39 is 11.7 Å². The first-order valence-electron chi connectivity index (χ1n) is 6.94.